The Hall–Kier alpha value is -1.75. The molecule has 0 saturated carbocycles. The Morgan fingerprint density at radius 1 is 1.29 bits per heavy atom. The lowest BCUT2D eigenvalue weighted by Gasteiger charge is -2.10. The molecule has 0 radical (unpaired) electrons. The molecule has 0 atom stereocenters. The van der Waals surface area contributed by atoms with E-state index >= 15 is 0 Å². The SMILES string of the molecule is CCOc1ccc(NC(=O)c2ccc(CC)o2)cc1CBr. The van der Waals surface area contributed by atoms with Gasteiger partial charge in [-0.2, -0.15) is 0 Å². The molecule has 0 saturated heterocycles. The topological polar surface area (TPSA) is 51.5 Å². The second-order valence-corrected chi connectivity index (χ2v) is 5.02. The molecule has 1 amide bonds. The van der Waals surface area contributed by atoms with Gasteiger partial charge < -0.3 is 14.5 Å². The zero-order valence-electron chi connectivity index (χ0n) is 12.1. The predicted molar refractivity (Wildman–Crippen MR) is 86.3 cm³/mol. The van der Waals surface area contributed by atoms with Gasteiger partial charge in [-0.25, -0.2) is 0 Å². The number of halogens is 1. The molecule has 0 spiro atoms. The van der Waals surface area contributed by atoms with E-state index in [0.29, 0.717) is 23.4 Å². The maximum absolute atomic E-state index is 12.1. The summed E-state index contributed by atoms with van der Waals surface area (Å²) in [6.07, 6.45) is 0.768. The van der Waals surface area contributed by atoms with Gasteiger partial charge in [0, 0.05) is 23.0 Å². The Morgan fingerprint density at radius 3 is 2.71 bits per heavy atom. The molecule has 2 aromatic rings. The molecule has 0 aliphatic rings. The number of amides is 1. The molecule has 0 aliphatic heterocycles. The number of rotatable bonds is 6. The molecule has 112 valence electrons. The summed E-state index contributed by atoms with van der Waals surface area (Å²) in [5, 5.41) is 3.49. The lowest BCUT2D eigenvalue weighted by atomic mass is 10.2. The van der Waals surface area contributed by atoms with E-state index in [1.165, 1.54) is 0 Å². The summed E-state index contributed by atoms with van der Waals surface area (Å²) < 4.78 is 11.0. The lowest BCUT2D eigenvalue weighted by Crippen LogP contribution is -2.11. The van der Waals surface area contributed by atoms with Crippen LogP contribution >= 0.6 is 15.9 Å². The number of carbonyl (C=O) groups is 1. The highest BCUT2D eigenvalue weighted by molar-refractivity contribution is 9.08. The highest BCUT2D eigenvalue weighted by Gasteiger charge is 2.12. The van der Waals surface area contributed by atoms with Gasteiger partial charge in [0.15, 0.2) is 5.76 Å². The Bertz CT molecular complexity index is 622. The van der Waals surface area contributed by atoms with E-state index in [-0.39, 0.29) is 5.91 Å². The Balaban J connectivity index is 2.13. The summed E-state index contributed by atoms with van der Waals surface area (Å²) in [6.45, 7) is 4.53. The smallest absolute Gasteiger partial charge is 0.291 e. The minimum atomic E-state index is -0.251. The van der Waals surface area contributed by atoms with Gasteiger partial charge in [-0.05, 0) is 37.3 Å². The molecule has 1 aromatic carbocycles. The fourth-order valence-electron chi connectivity index (χ4n) is 1.94. The predicted octanol–water partition coefficient (Wildman–Crippen LogP) is 4.39. The molecular weight excluding hydrogens is 334 g/mol. The molecule has 0 bridgehead atoms. The van der Waals surface area contributed by atoms with Crippen LogP contribution in [-0.4, -0.2) is 12.5 Å². The monoisotopic (exact) mass is 351 g/mol. The fraction of sp³-hybridized carbons (Fsp3) is 0.312. The molecule has 0 unspecified atom stereocenters. The lowest BCUT2D eigenvalue weighted by molar-refractivity contribution is 0.0995. The van der Waals surface area contributed by atoms with Crippen LogP contribution in [0.25, 0.3) is 0 Å². The first-order valence-corrected chi connectivity index (χ1v) is 8.01. The highest BCUT2D eigenvalue weighted by atomic mass is 79.9. The first kappa shape index (κ1) is 15.6. The molecule has 2 rings (SSSR count). The molecule has 0 aliphatic carbocycles. The normalized spacial score (nSPS) is 10.4. The number of nitrogens with one attached hydrogen (secondary N) is 1. The van der Waals surface area contributed by atoms with Gasteiger partial charge in [0.1, 0.15) is 11.5 Å². The third-order valence-electron chi connectivity index (χ3n) is 3.00. The summed E-state index contributed by atoms with van der Waals surface area (Å²) in [5.41, 5.74) is 1.70. The minimum Gasteiger partial charge on any atom is -0.494 e. The van der Waals surface area contributed by atoms with Crippen LogP contribution in [-0.2, 0) is 11.8 Å². The van der Waals surface area contributed by atoms with Gasteiger partial charge in [-0.15, -0.1) is 0 Å². The Kier molecular flexibility index (Phi) is 5.44. The molecule has 5 heteroatoms. The maximum Gasteiger partial charge on any atom is 0.291 e. The summed E-state index contributed by atoms with van der Waals surface area (Å²) in [5.74, 6) is 1.69. The van der Waals surface area contributed by atoms with Crippen LogP contribution in [0.3, 0.4) is 0 Å². The minimum absolute atomic E-state index is 0.251. The number of hydrogen-bond acceptors (Lipinski definition) is 3. The van der Waals surface area contributed by atoms with E-state index in [2.05, 4.69) is 21.2 Å². The molecule has 1 heterocycles. The number of furan rings is 1. The number of anilines is 1. The van der Waals surface area contributed by atoms with E-state index < -0.39 is 0 Å². The zero-order valence-corrected chi connectivity index (χ0v) is 13.7. The van der Waals surface area contributed by atoms with Crippen molar-refractivity contribution in [3.63, 3.8) is 0 Å². The third-order valence-corrected chi connectivity index (χ3v) is 3.60. The Labute approximate surface area is 132 Å². The van der Waals surface area contributed by atoms with Crippen LogP contribution in [0, 0.1) is 0 Å². The zero-order chi connectivity index (χ0) is 15.2. The van der Waals surface area contributed by atoms with Gasteiger partial charge in [0.2, 0.25) is 0 Å². The first-order chi connectivity index (χ1) is 10.2. The van der Waals surface area contributed by atoms with Crippen LogP contribution < -0.4 is 10.1 Å². The van der Waals surface area contributed by atoms with Gasteiger partial charge in [0.25, 0.3) is 5.91 Å². The number of aryl methyl sites for hydroxylation is 1. The van der Waals surface area contributed by atoms with Gasteiger partial charge in [0.05, 0.1) is 6.61 Å². The standard InChI is InChI=1S/C16H18BrNO3/c1-3-13-6-8-15(21-13)16(19)18-12-5-7-14(20-4-2)11(9-12)10-17/h5-9H,3-4,10H2,1-2H3,(H,18,19). The summed E-state index contributed by atoms with van der Waals surface area (Å²) in [6, 6.07) is 9.07. The molecular formula is C16H18BrNO3. The molecule has 0 fully saturated rings. The van der Waals surface area contributed by atoms with Crippen LogP contribution in [0.1, 0.15) is 35.7 Å². The van der Waals surface area contributed by atoms with Crippen LogP contribution in [0.5, 0.6) is 5.75 Å². The summed E-state index contributed by atoms with van der Waals surface area (Å²) in [4.78, 5) is 12.1. The Morgan fingerprint density at radius 2 is 2.10 bits per heavy atom. The van der Waals surface area contributed by atoms with Crippen molar-refractivity contribution in [2.24, 2.45) is 0 Å². The number of hydrogen-bond donors (Lipinski definition) is 1. The first-order valence-electron chi connectivity index (χ1n) is 6.89. The van der Waals surface area contributed by atoms with Crippen molar-refractivity contribution in [2.45, 2.75) is 25.6 Å². The van der Waals surface area contributed by atoms with E-state index in [0.717, 1.165) is 23.5 Å². The number of ether oxygens (including phenoxy) is 1. The van der Waals surface area contributed by atoms with Crippen molar-refractivity contribution in [3.8, 4) is 5.75 Å². The second-order valence-electron chi connectivity index (χ2n) is 4.46. The van der Waals surface area contributed by atoms with Crippen molar-refractivity contribution in [1.29, 1.82) is 0 Å². The van der Waals surface area contributed by atoms with E-state index in [9.17, 15) is 4.79 Å². The van der Waals surface area contributed by atoms with E-state index in [1.807, 2.05) is 38.1 Å². The number of benzene rings is 1. The van der Waals surface area contributed by atoms with Crippen LogP contribution in [0.15, 0.2) is 34.7 Å². The van der Waals surface area contributed by atoms with E-state index in [1.54, 1.807) is 6.07 Å². The number of carbonyl (C=O) groups excluding carboxylic acids is 1. The van der Waals surface area contributed by atoms with Crippen LogP contribution in [0.4, 0.5) is 5.69 Å². The van der Waals surface area contributed by atoms with Crippen LogP contribution in [0.2, 0.25) is 0 Å². The highest BCUT2D eigenvalue weighted by Crippen LogP contribution is 2.25. The average Bonchev–Trinajstić information content (AvgIpc) is 2.98. The molecule has 1 aromatic heterocycles. The third kappa shape index (κ3) is 3.88. The quantitative estimate of drug-likeness (QED) is 0.785. The van der Waals surface area contributed by atoms with Crippen molar-refractivity contribution < 1.29 is 13.9 Å². The van der Waals surface area contributed by atoms with Gasteiger partial charge >= 0.3 is 0 Å². The van der Waals surface area contributed by atoms with Gasteiger partial charge in [-0.3, -0.25) is 4.79 Å². The van der Waals surface area contributed by atoms with Gasteiger partial charge in [-0.1, -0.05) is 22.9 Å². The van der Waals surface area contributed by atoms with Crippen molar-refractivity contribution in [2.75, 3.05) is 11.9 Å². The summed E-state index contributed by atoms with van der Waals surface area (Å²) in [7, 11) is 0. The second kappa shape index (κ2) is 7.31. The summed E-state index contributed by atoms with van der Waals surface area (Å²) >= 11 is 3.43. The molecule has 4 nitrogen and oxygen atoms in total. The molecule has 1 N–H and O–H groups in total. The number of alkyl halides is 1. The van der Waals surface area contributed by atoms with Crippen molar-refractivity contribution >= 4 is 27.5 Å². The van der Waals surface area contributed by atoms with Crippen molar-refractivity contribution in [3.05, 3.63) is 47.4 Å². The fourth-order valence-corrected chi connectivity index (χ4v) is 2.38. The maximum atomic E-state index is 12.1. The average molecular weight is 352 g/mol. The van der Waals surface area contributed by atoms with Crippen molar-refractivity contribution in [1.82, 2.24) is 0 Å². The molecule has 21 heavy (non-hydrogen) atoms. The van der Waals surface area contributed by atoms with E-state index in [4.69, 9.17) is 9.15 Å². The largest absolute Gasteiger partial charge is 0.494 e.